The Morgan fingerprint density at radius 3 is 2.67 bits per heavy atom. The van der Waals surface area contributed by atoms with E-state index in [-0.39, 0.29) is 0 Å². The zero-order valence-electron chi connectivity index (χ0n) is 7.93. The predicted octanol–water partition coefficient (Wildman–Crippen LogP) is 3.02. The van der Waals surface area contributed by atoms with E-state index < -0.39 is 0 Å². The lowest BCUT2D eigenvalue weighted by molar-refractivity contribution is 0.209. The quantitative estimate of drug-likeness (QED) is 0.567. The maximum atomic E-state index is 7.88. The van der Waals surface area contributed by atoms with Crippen molar-refractivity contribution in [3.05, 3.63) is 11.6 Å². The first kappa shape index (κ1) is 8.03. The molecule has 3 rings (SSSR count). The molecular weight excluding hydrogens is 146 g/mol. The normalized spacial score (nSPS) is 41.0. The number of hydrogen-bond acceptors (Lipinski definition) is 1. The molecule has 0 aromatic rings. The lowest BCUT2D eigenvalue weighted by Crippen LogP contribution is -2.29. The second kappa shape index (κ2) is 2.72. The van der Waals surface area contributed by atoms with Crippen LogP contribution in [0.15, 0.2) is 11.6 Å². The van der Waals surface area contributed by atoms with E-state index >= 15 is 0 Å². The number of nitrogens with one attached hydrogen (secondary N) is 1. The standard InChI is InChI=1S/C11H17N/c1-7-3-9-5-10(6-9)4-8(2)11(7)12/h3,8-10,12H,4-6H2,1-2H3. The first-order valence-corrected chi connectivity index (χ1v) is 4.94. The maximum Gasteiger partial charge on any atom is 0.0368 e. The van der Waals surface area contributed by atoms with E-state index in [4.69, 9.17) is 5.41 Å². The monoisotopic (exact) mass is 163 g/mol. The fourth-order valence-electron chi connectivity index (χ4n) is 2.57. The van der Waals surface area contributed by atoms with Gasteiger partial charge < -0.3 is 5.41 Å². The minimum Gasteiger partial charge on any atom is -0.305 e. The fraction of sp³-hybridized carbons (Fsp3) is 0.727. The van der Waals surface area contributed by atoms with Crippen LogP contribution >= 0.6 is 0 Å². The lowest BCUT2D eigenvalue weighted by atomic mass is 9.67. The topological polar surface area (TPSA) is 23.9 Å². The summed E-state index contributed by atoms with van der Waals surface area (Å²) in [6, 6.07) is 0. The second-order valence-electron chi connectivity index (χ2n) is 4.50. The highest BCUT2D eigenvalue weighted by Gasteiger charge is 2.32. The number of hydrogen-bond donors (Lipinski definition) is 1. The van der Waals surface area contributed by atoms with Crippen LogP contribution in [0.1, 0.15) is 33.1 Å². The summed E-state index contributed by atoms with van der Waals surface area (Å²) in [7, 11) is 0. The molecule has 1 N–H and O–H groups in total. The summed E-state index contributed by atoms with van der Waals surface area (Å²) < 4.78 is 0. The first-order chi connectivity index (χ1) is 5.66. The number of fused-ring (bicyclic) bond motifs is 3. The van der Waals surface area contributed by atoms with Crippen molar-refractivity contribution < 1.29 is 0 Å². The summed E-state index contributed by atoms with van der Waals surface area (Å²) in [5.74, 6) is 2.23. The minimum atomic E-state index is 0.493. The Labute approximate surface area is 74.4 Å². The summed E-state index contributed by atoms with van der Waals surface area (Å²) in [5, 5.41) is 7.88. The summed E-state index contributed by atoms with van der Waals surface area (Å²) in [6.07, 6.45) is 6.33. The highest BCUT2D eigenvalue weighted by Crippen LogP contribution is 2.41. The molecule has 3 aliphatic carbocycles. The smallest absolute Gasteiger partial charge is 0.0368 e. The molecule has 1 fully saturated rings. The molecule has 1 heteroatoms. The molecule has 1 atom stereocenters. The van der Waals surface area contributed by atoms with Crippen LogP contribution in [-0.4, -0.2) is 5.71 Å². The van der Waals surface area contributed by atoms with Crippen molar-refractivity contribution in [2.45, 2.75) is 33.1 Å². The molecule has 0 radical (unpaired) electrons. The molecule has 0 spiro atoms. The highest BCUT2D eigenvalue weighted by atomic mass is 14.5. The SMILES string of the molecule is CC1=CC2CC(C2)CC(C)C1=N. The van der Waals surface area contributed by atoms with Gasteiger partial charge in [0.25, 0.3) is 0 Å². The van der Waals surface area contributed by atoms with Crippen LogP contribution in [0.4, 0.5) is 0 Å². The summed E-state index contributed by atoms with van der Waals surface area (Å²) in [4.78, 5) is 0. The van der Waals surface area contributed by atoms with Gasteiger partial charge in [-0.05, 0) is 49.5 Å². The van der Waals surface area contributed by atoms with Crippen LogP contribution in [0, 0.1) is 23.2 Å². The molecule has 12 heavy (non-hydrogen) atoms. The maximum absolute atomic E-state index is 7.88. The Morgan fingerprint density at radius 2 is 2.00 bits per heavy atom. The Morgan fingerprint density at radius 1 is 1.33 bits per heavy atom. The van der Waals surface area contributed by atoms with Crippen molar-refractivity contribution >= 4 is 5.71 Å². The Hall–Kier alpha value is -0.590. The van der Waals surface area contributed by atoms with E-state index in [0.717, 1.165) is 17.5 Å². The summed E-state index contributed by atoms with van der Waals surface area (Å²) >= 11 is 0. The van der Waals surface area contributed by atoms with E-state index in [2.05, 4.69) is 19.9 Å². The van der Waals surface area contributed by atoms with E-state index in [1.165, 1.54) is 24.8 Å². The first-order valence-electron chi connectivity index (χ1n) is 4.94. The van der Waals surface area contributed by atoms with Gasteiger partial charge in [0, 0.05) is 5.71 Å². The molecule has 0 aliphatic heterocycles. The van der Waals surface area contributed by atoms with Crippen LogP contribution < -0.4 is 0 Å². The van der Waals surface area contributed by atoms with Gasteiger partial charge in [-0.3, -0.25) is 0 Å². The van der Waals surface area contributed by atoms with Gasteiger partial charge in [-0.25, -0.2) is 0 Å². The molecule has 0 aromatic carbocycles. The van der Waals surface area contributed by atoms with Gasteiger partial charge in [-0.2, -0.15) is 0 Å². The van der Waals surface area contributed by atoms with Crippen molar-refractivity contribution in [2.75, 3.05) is 0 Å². The third kappa shape index (κ3) is 1.21. The van der Waals surface area contributed by atoms with E-state index in [9.17, 15) is 0 Å². The van der Waals surface area contributed by atoms with Gasteiger partial charge in [0.05, 0.1) is 0 Å². The second-order valence-corrected chi connectivity index (χ2v) is 4.50. The molecule has 66 valence electrons. The average molecular weight is 163 g/mol. The van der Waals surface area contributed by atoms with E-state index in [1.807, 2.05) is 0 Å². The van der Waals surface area contributed by atoms with Crippen molar-refractivity contribution in [3.8, 4) is 0 Å². The Bertz CT molecular complexity index is 233. The van der Waals surface area contributed by atoms with Crippen LogP contribution in [0.3, 0.4) is 0 Å². The van der Waals surface area contributed by atoms with Crippen molar-refractivity contribution in [3.63, 3.8) is 0 Å². The molecule has 3 aliphatic rings. The van der Waals surface area contributed by atoms with Gasteiger partial charge in [0.1, 0.15) is 0 Å². The summed E-state index contributed by atoms with van der Waals surface area (Å²) in [6.45, 7) is 4.29. The third-order valence-electron chi connectivity index (χ3n) is 3.36. The zero-order valence-corrected chi connectivity index (χ0v) is 7.93. The van der Waals surface area contributed by atoms with Crippen LogP contribution in [-0.2, 0) is 0 Å². The van der Waals surface area contributed by atoms with Gasteiger partial charge in [-0.15, -0.1) is 0 Å². The van der Waals surface area contributed by atoms with E-state index in [0.29, 0.717) is 5.92 Å². The molecule has 0 amide bonds. The molecule has 0 saturated heterocycles. The Kier molecular flexibility index (Phi) is 1.82. The largest absolute Gasteiger partial charge is 0.305 e. The third-order valence-corrected chi connectivity index (χ3v) is 3.36. The lowest BCUT2D eigenvalue weighted by Gasteiger charge is -2.38. The number of rotatable bonds is 0. The molecule has 1 saturated carbocycles. The number of allylic oxidation sites excluding steroid dienone is 2. The molecule has 0 heterocycles. The van der Waals surface area contributed by atoms with Gasteiger partial charge in [0.15, 0.2) is 0 Å². The zero-order chi connectivity index (χ0) is 8.72. The molecule has 1 unspecified atom stereocenters. The van der Waals surface area contributed by atoms with Gasteiger partial charge in [0.2, 0.25) is 0 Å². The van der Waals surface area contributed by atoms with Gasteiger partial charge in [-0.1, -0.05) is 13.0 Å². The molecule has 2 bridgehead atoms. The minimum absolute atomic E-state index is 0.493. The van der Waals surface area contributed by atoms with Crippen LogP contribution in [0.2, 0.25) is 0 Å². The molecular formula is C11H17N. The predicted molar refractivity (Wildman–Crippen MR) is 51.5 cm³/mol. The molecule has 1 nitrogen and oxygen atoms in total. The van der Waals surface area contributed by atoms with Gasteiger partial charge >= 0.3 is 0 Å². The van der Waals surface area contributed by atoms with Crippen molar-refractivity contribution in [2.24, 2.45) is 17.8 Å². The summed E-state index contributed by atoms with van der Waals surface area (Å²) in [5.41, 5.74) is 2.11. The molecule has 0 aromatic heterocycles. The Balaban J connectivity index is 2.22. The average Bonchev–Trinajstić information content (AvgIpc) is 1.96. The van der Waals surface area contributed by atoms with Crippen molar-refractivity contribution in [1.29, 1.82) is 5.41 Å². The highest BCUT2D eigenvalue weighted by molar-refractivity contribution is 5.98. The van der Waals surface area contributed by atoms with E-state index in [1.54, 1.807) is 0 Å². The van der Waals surface area contributed by atoms with Crippen LogP contribution in [0.25, 0.3) is 0 Å². The van der Waals surface area contributed by atoms with Crippen molar-refractivity contribution in [1.82, 2.24) is 0 Å². The van der Waals surface area contributed by atoms with Crippen LogP contribution in [0.5, 0.6) is 0 Å². The fourth-order valence-corrected chi connectivity index (χ4v) is 2.57.